The first-order valence-electron chi connectivity index (χ1n) is 7.11. The van der Waals surface area contributed by atoms with E-state index in [0.717, 1.165) is 16.9 Å². The lowest BCUT2D eigenvalue weighted by Crippen LogP contribution is -2.38. The number of hydrogen-bond acceptors (Lipinski definition) is 3. The van der Waals surface area contributed by atoms with Crippen LogP contribution in [0.25, 0.3) is 0 Å². The number of amides is 1. The van der Waals surface area contributed by atoms with E-state index in [4.69, 9.17) is 4.42 Å². The van der Waals surface area contributed by atoms with Gasteiger partial charge in [0.05, 0.1) is 6.26 Å². The van der Waals surface area contributed by atoms with E-state index in [1.165, 1.54) is 0 Å². The molecule has 1 amide bonds. The Morgan fingerprint density at radius 2 is 2.00 bits per heavy atom. The van der Waals surface area contributed by atoms with E-state index in [0.29, 0.717) is 13.0 Å². The molecule has 1 unspecified atom stereocenters. The molecule has 112 valence electrons. The van der Waals surface area contributed by atoms with Gasteiger partial charge in [-0.3, -0.25) is 9.69 Å². The second-order valence-corrected chi connectivity index (χ2v) is 5.34. The first-order valence-corrected chi connectivity index (χ1v) is 7.11. The lowest BCUT2D eigenvalue weighted by Gasteiger charge is -2.25. The summed E-state index contributed by atoms with van der Waals surface area (Å²) in [6, 6.07) is 11.5. The number of furan rings is 1. The Morgan fingerprint density at radius 3 is 2.62 bits per heavy atom. The van der Waals surface area contributed by atoms with Gasteiger partial charge in [-0.1, -0.05) is 24.3 Å². The van der Waals surface area contributed by atoms with Gasteiger partial charge in [-0.15, -0.1) is 0 Å². The molecule has 0 radical (unpaired) electrons. The summed E-state index contributed by atoms with van der Waals surface area (Å²) in [6.45, 7) is 2.60. The first-order chi connectivity index (χ1) is 10.1. The lowest BCUT2D eigenvalue weighted by atomic mass is 10.00. The highest BCUT2D eigenvalue weighted by atomic mass is 16.3. The average Bonchev–Trinajstić information content (AvgIpc) is 2.94. The predicted octanol–water partition coefficient (Wildman–Crippen LogP) is 2.55. The Labute approximate surface area is 125 Å². The summed E-state index contributed by atoms with van der Waals surface area (Å²) in [4.78, 5) is 14.4. The van der Waals surface area contributed by atoms with E-state index < -0.39 is 0 Å². The van der Waals surface area contributed by atoms with Crippen molar-refractivity contribution in [1.82, 2.24) is 10.2 Å². The Kier molecular flexibility index (Phi) is 5.17. The summed E-state index contributed by atoms with van der Waals surface area (Å²) >= 11 is 0. The molecule has 1 aromatic carbocycles. The summed E-state index contributed by atoms with van der Waals surface area (Å²) in [5, 5.41) is 2.99. The van der Waals surface area contributed by atoms with E-state index in [9.17, 15) is 4.79 Å². The molecular formula is C17H22N2O2. The maximum absolute atomic E-state index is 12.5. The molecule has 4 heteroatoms. The summed E-state index contributed by atoms with van der Waals surface area (Å²) in [5.74, 6) is 0.897. The van der Waals surface area contributed by atoms with Crippen LogP contribution >= 0.6 is 0 Å². The van der Waals surface area contributed by atoms with Gasteiger partial charge >= 0.3 is 0 Å². The number of benzene rings is 1. The minimum absolute atomic E-state index is 0.0147. The third-order valence-electron chi connectivity index (χ3n) is 3.50. The van der Waals surface area contributed by atoms with Crippen molar-refractivity contribution in [3.63, 3.8) is 0 Å². The maximum atomic E-state index is 12.5. The third kappa shape index (κ3) is 3.95. The van der Waals surface area contributed by atoms with Gasteiger partial charge < -0.3 is 9.73 Å². The van der Waals surface area contributed by atoms with Crippen LogP contribution in [-0.2, 0) is 11.2 Å². The molecular weight excluding hydrogens is 264 g/mol. The van der Waals surface area contributed by atoms with Crippen LogP contribution in [0.5, 0.6) is 0 Å². The fourth-order valence-corrected chi connectivity index (χ4v) is 2.41. The quantitative estimate of drug-likeness (QED) is 0.887. The highest BCUT2D eigenvalue weighted by Gasteiger charge is 2.23. The van der Waals surface area contributed by atoms with Crippen molar-refractivity contribution in [2.24, 2.45) is 0 Å². The molecule has 0 saturated carbocycles. The second kappa shape index (κ2) is 7.09. The average molecular weight is 286 g/mol. The number of rotatable bonds is 6. The van der Waals surface area contributed by atoms with Crippen LogP contribution in [0, 0.1) is 6.92 Å². The van der Waals surface area contributed by atoms with Crippen LogP contribution in [0.4, 0.5) is 0 Å². The minimum Gasteiger partial charge on any atom is -0.469 e. The van der Waals surface area contributed by atoms with Gasteiger partial charge in [-0.2, -0.15) is 0 Å². The predicted molar refractivity (Wildman–Crippen MR) is 83.0 cm³/mol. The standard InChI is InChI=1S/C17H22N2O2/c1-13-7-4-5-9-15(13)16(19(2)3)17(20)18-11-10-14-8-6-12-21-14/h4-9,12,16H,10-11H2,1-3H3,(H,18,20). The Morgan fingerprint density at radius 1 is 1.24 bits per heavy atom. The van der Waals surface area contributed by atoms with Crippen molar-refractivity contribution in [3.05, 3.63) is 59.5 Å². The van der Waals surface area contributed by atoms with Crippen LogP contribution in [-0.4, -0.2) is 31.4 Å². The summed E-state index contributed by atoms with van der Waals surface area (Å²) in [6.07, 6.45) is 2.35. The van der Waals surface area contributed by atoms with E-state index in [2.05, 4.69) is 5.32 Å². The first kappa shape index (κ1) is 15.3. The normalized spacial score (nSPS) is 12.4. The topological polar surface area (TPSA) is 45.5 Å². The van der Waals surface area contributed by atoms with Gasteiger partial charge in [0.15, 0.2) is 0 Å². The SMILES string of the molecule is Cc1ccccc1C(C(=O)NCCc1ccco1)N(C)C. The molecule has 0 fully saturated rings. The van der Waals surface area contributed by atoms with Crippen LogP contribution in [0.1, 0.15) is 22.9 Å². The summed E-state index contributed by atoms with van der Waals surface area (Å²) in [7, 11) is 3.84. The van der Waals surface area contributed by atoms with Crippen LogP contribution in [0.2, 0.25) is 0 Å². The van der Waals surface area contributed by atoms with E-state index >= 15 is 0 Å². The molecule has 0 spiro atoms. The number of hydrogen-bond donors (Lipinski definition) is 1. The van der Waals surface area contributed by atoms with Crippen LogP contribution in [0.3, 0.4) is 0 Å². The van der Waals surface area contributed by atoms with E-state index in [1.54, 1.807) is 6.26 Å². The molecule has 1 aromatic heterocycles. The maximum Gasteiger partial charge on any atom is 0.241 e. The van der Waals surface area contributed by atoms with Crippen molar-refractivity contribution >= 4 is 5.91 Å². The molecule has 1 heterocycles. The molecule has 2 rings (SSSR count). The second-order valence-electron chi connectivity index (χ2n) is 5.34. The fourth-order valence-electron chi connectivity index (χ4n) is 2.41. The molecule has 4 nitrogen and oxygen atoms in total. The molecule has 0 saturated heterocycles. The highest BCUT2D eigenvalue weighted by molar-refractivity contribution is 5.83. The van der Waals surface area contributed by atoms with Crippen molar-refractivity contribution in [3.8, 4) is 0 Å². The minimum atomic E-state index is -0.275. The van der Waals surface area contributed by atoms with Crippen molar-refractivity contribution in [2.75, 3.05) is 20.6 Å². The zero-order chi connectivity index (χ0) is 15.2. The number of nitrogens with zero attached hydrogens (tertiary/aromatic N) is 1. The number of aryl methyl sites for hydroxylation is 1. The zero-order valence-electron chi connectivity index (χ0n) is 12.8. The number of nitrogens with one attached hydrogen (secondary N) is 1. The van der Waals surface area contributed by atoms with Gasteiger partial charge in [0.25, 0.3) is 0 Å². The number of carbonyl (C=O) groups excluding carboxylic acids is 1. The summed E-state index contributed by atoms with van der Waals surface area (Å²) in [5.41, 5.74) is 2.16. The Balaban J connectivity index is 2.01. The van der Waals surface area contributed by atoms with Gasteiger partial charge in [-0.05, 0) is 44.3 Å². The molecule has 1 N–H and O–H groups in total. The monoisotopic (exact) mass is 286 g/mol. The molecule has 0 aliphatic rings. The fraction of sp³-hybridized carbons (Fsp3) is 0.353. The molecule has 0 aliphatic carbocycles. The van der Waals surface area contributed by atoms with Crippen LogP contribution < -0.4 is 5.32 Å². The smallest absolute Gasteiger partial charge is 0.241 e. The molecule has 0 aliphatic heterocycles. The Bertz CT molecular complexity index is 576. The van der Waals surface area contributed by atoms with Crippen LogP contribution in [0.15, 0.2) is 47.1 Å². The van der Waals surface area contributed by atoms with E-state index in [1.807, 2.05) is 62.3 Å². The van der Waals surface area contributed by atoms with E-state index in [-0.39, 0.29) is 11.9 Å². The largest absolute Gasteiger partial charge is 0.469 e. The number of carbonyl (C=O) groups is 1. The van der Waals surface area contributed by atoms with Crippen molar-refractivity contribution in [2.45, 2.75) is 19.4 Å². The Hall–Kier alpha value is -2.07. The molecule has 2 aromatic rings. The van der Waals surface area contributed by atoms with Crippen molar-refractivity contribution < 1.29 is 9.21 Å². The zero-order valence-corrected chi connectivity index (χ0v) is 12.8. The van der Waals surface area contributed by atoms with Gasteiger partial charge in [0, 0.05) is 13.0 Å². The molecule has 21 heavy (non-hydrogen) atoms. The van der Waals surface area contributed by atoms with Gasteiger partial charge in [-0.25, -0.2) is 0 Å². The molecule has 0 bridgehead atoms. The highest BCUT2D eigenvalue weighted by Crippen LogP contribution is 2.21. The van der Waals surface area contributed by atoms with Gasteiger partial charge in [0.1, 0.15) is 11.8 Å². The molecule has 1 atom stereocenters. The number of likely N-dealkylation sites (N-methyl/N-ethyl adjacent to an activating group) is 1. The van der Waals surface area contributed by atoms with Crippen molar-refractivity contribution in [1.29, 1.82) is 0 Å². The van der Waals surface area contributed by atoms with Gasteiger partial charge in [0.2, 0.25) is 5.91 Å². The summed E-state index contributed by atoms with van der Waals surface area (Å²) < 4.78 is 5.27. The lowest BCUT2D eigenvalue weighted by molar-refractivity contribution is -0.125. The third-order valence-corrected chi connectivity index (χ3v) is 3.50.